The molecule has 0 bridgehead atoms. The third kappa shape index (κ3) is 6.89. The normalized spacial score (nSPS) is 12.5. The van der Waals surface area contributed by atoms with Gasteiger partial charge in [-0.25, -0.2) is 18.4 Å². The van der Waals surface area contributed by atoms with Crippen LogP contribution in [0.5, 0.6) is 0 Å². The Morgan fingerprint density at radius 1 is 1.11 bits per heavy atom. The molecule has 0 aromatic heterocycles. The average molecular weight is 406 g/mol. The number of amides is 1. The third-order valence-corrected chi connectivity index (χ3v) is 5.01. The first kappa shape index (κ1) is 20.7. The van der Waals surface area contributed by atoms with Crippen LogP contribution in [0, 0.1) is 0 Å². The minimum absolute atomic E-state index is 0.0685. The monoisotopic (exact) mass is 406 g/mol. The van der Waals surface area contributed by atoms with Gasteiger partial charge in [-0.15, -0.1) is 0 Å². The molecule has 0 radical (unpaired) electrons. The summed E-state index contributed by atoms with van der Waals surface area (Å²) in [5, 5.41) is 9.11. The van der Waals surface area contributed by atoms with E-state index in [1.807, 2.05) is 30.3 Å². The molecule has 1 atom stereocenters. The summed E-state index contributed by atoms with van der Waals surface area (Å²) in [6, 6.07) is 14.8. The maximum atomic E-state index is 12.1. The van der Waals surface area contributed by atoms with Crippen LogP contribution >= 0.6 is 11.8 Å². The molecule has 2 rings (SSSR count). The molecular weight excluding hydrogens is 388 g/mol. The van der Waals surface area contributed by atoms with E-state index in [9.17, 15) is 18.0 Å². The summed E-state index contributed by atoms with van der Waals surface area (Å²) in [6.45, 7) is 1.43. The zero-order valence-electron chi connectivity index (χ0n) is 14.4. The first-order valence-corrected chi connectivity index (χ1v) is 10.2. The smallest absolute Gasteiger partial charge is 0.332 e. The Hall–Kier alpha value is -2.62. The number of primary sulfonamides is 1. The summed E-state index contributed by atoms with van der Waals surface area (Å²) in [6.07, 6.45) is 0.212. The van der Waals surface area contributed by atoms with E-state index in [1.165, 1.54) is 49.0 Å². The van der Waals surface area contributed by atoms with Gasteiger partial charge in [0.2, 0.25) is 10.0 Å². The number of hydrogen-bond acceptors (Lipinski definition) is 6. The number of esters is 1. The summed E-state index contributed by atoms with van der Waals surface area (Å²) in [5.74, 6) is -1.19. The molecule has 0 spiro atoms. The number of hydrogen-bond donors (Lipinski definition) is 2. The minimum atomic E-state index is -3.80. The maximum Gasteiger partial charge on any atom is 0.332 e. The Bertz CT molecular complexity index is 926. The lowest BCUT2D eigenvalue weighted by molar-refractivity contribution is -0.148. The summed E-state index contributed by atoms with van der Waals surface area (Å²) in [7, 11) is -3.80. The van der Waals surface area contributed by atoms with Crippen LogP contribution in [0.15, 0.2) is 75.9 Å². The highest BCUT2D eigenvalue weighted by Crippen LogP contribution is 2.18. The summed E-state index contributed by atoms with van der Waals surface area (Å²) < 4.78 is 27.4. The standard InChI is InChI=1S/C18H18N2O5S2/c1-13(25-17(21)11-12-26-15-5-3-2-4-6-15)18(22)20-14-7-9-16(10-8-14)27(19,23)24/h2-13H,1H3,(H,20,22)(H2,19,23,24)/b12-11+/t13-/m0/s1. The zero-order valence-corrected chi connectivity index (χ0v) is 16.0. The lowest BCUT2D eigenvalue weighted by Gasteiger charge is -2.12. The number of carbonyl (C=O) groups is 2. The lowest BCUT2D eigenvalue weighted by Crippen LogP contribution is -2.29. The number of anilines is 1. The van der Waals surface area contributed by atoms with Gasteiger partial charge in [0.15, 0.2) is 6.10 Å². The second kappa shape index (κ2) is 9.36. The van der Waals surface area contributed by atoms with Crippen molar-refractivity contribution in [2.24, 2.45) is 5.14 Å². The largest absolute Gasteiger partial charge is 0.449 e. The topological polar surface area (TPSA) is 116 Å². The molecule has 3 N–H and O–H groups in total. The van der Waals surface area contributed by atoms with E-state index in [-0.39, 0.29) is 4.90 Å². The fraction of sp³-hybridized carbons (Fsp3) is 0.111. The molecule has 0 fully saturated rings. The first-order chi connectivity index (χ1) is 12.8. The Morgan fingerprint density at radius 3 is 2.33 bits per heavy atom. The molecule has 1 amide bonds. The summed E-state index contributed by atoms with van der Waals surface area (Å²) in [5.41, 5.74) is 0.352. The highest BCUT2D eigenvalue weighted by molar-refractivity contribution is 8.02. The molecule has 0 unspecified atom stereocenters. The van der Waals surface area contributed by atoms with E-state index in [1.54, 1.807) is 5.41 Å². The molecule has 142 valence electrons. The van der Waals surface area contributed by atoms with Crippen molar-refractivity contribution in [1.29, 1.82) is 0 Å². The van der Waals surface area contributed by atoms with Gasteiger partial charge in [-0.3, -0.25) is 4.79 Å². The maximum absolute atomic E-state index is 12.1. The van der Waals surface area contributed by atoms with E-state index in [0.717, 1.165) is 4.90 Å². The number of nitrogens with one attached hydrogen (secondary N) is 1. The van der Waals surface area contributed by atoms with Crippen molar-refractivity contribution >= 4 is 39.3 Å². The van der Waals surface area contributed by atoms with Crippen LogP contribution in [0.25, 0.3) is 0 Å². The molecule has 0 aliphatic rings. The fourth-order valence-corrected chi connectivity index (χ4v) is 3.07. The number of benzene rings is 2. The van der Waals surface area contributed by atoms with Crippen molar-refractivity contribution in [1.82, 2.24) is 0 Å². The number of ether oxygens (including phenoxy) is 1. The van der Waals surface area contributed by atoms with Crippen molar-refractivity contribution in [3.63, 3.8) is 0 Å². The van der Waals surface area contributed by atoms with Gasteiger partial charge in [-0.2, -0.15) is 0 Å². The van der Waals surface area contributed by atoms with Crippen molar-refractivity contribution < 1.29 is 22.7 Å². The number of sulfonamides is 1. The van der Waals surface area contributed by atoms with E-state index >= 15 is 0 Å². The molecule has 7 nitrogen and oxygen atoms in total. The van der Waals surface area contributed by atoms with E-state index in [2.05, 4.69) is 5.32 Å². The van der Waals surface area contributed by atoms with Crippen molar-refractivity contribution in [2.45, 2.75) is 22.8 Å². The number of carbonyl (C=O) groups excluding carboxylic acids is 2. The first-order valence-electron chi connectivity index (χ1n) is 7.78. The lowest BCUT2D eigenvalue weighted by atomic mass is 10.3. The summed E-state index contributed by atoms with van der Waals surface area (Å²) >= 11 is 1.35. The van der Waals surface area contributed by atoms with Crippen molar-refractivity contribution in [2.75, 3.05) is 5.32 Å². The SMILES string of the molecule is C[C@H](OC(=O)/C=C/Sc1ccccc1)C(=O)Nc1ccc(S(N)(=O)=O)cc1. The van der Waals surface area contributed by atoms with Crippen LogP contribution in [-0.4, -0.2) is 26.4 Å². The molecular formula is C18H18N2O5S2. The van der Waals surface area contributed by atoms with Gasteiger partial charge in [0.25, 0.3) is 5.91 Å². The molecule has 0 saturated carbocycles. The van der Waals surface area contributed by atoms with Crippen molar-refractivity contribution in [3.8, 4) is 0 Å². The molecule has 9 heteroatoms. The van der Waals surface area contributed by atoms with Gasteiger partial charge in [-0.1, -0.05) is 30.0 Å². The highest BCUT2D eigenvalue weighted by atomic mass is 32.2. The van der Waals surface area contributed by atoms with Gasteiger partial charge in [-0.05, 0) is 48.7 Å². The Kier molecular flexibility index (Phi) is 7.17. The van der Waals surface area contributed by atoms with E-state index in [0.29, 0.717) is 5.69 Å². The summed E-state index contributed by atoms with van der Waals surface area (Å²) in [4.78, 5) is 24.7. The molecule has 0 heterocycles. The van der Waals surface area contributed by atoms with Crippen LogP contribution in [0.3, 0.4) is 0 Å². The number of rotatable bonds is 7. The molecule has 2 aromatic carbocycles. The van der Waals surface area contributed by atoms with Gasteiger partial charge >= 0.3 is 5.97 Å². The predicted molar refractivity (Wildman–Crippen MR) is 103 cm³/mol. The van der Waals surface area contributed by atoms with Gasteiger partial charge < -0.3 is 10.1 Å². The molecule has 27 heavy (non-hydrogen) atoms. The Morgan fingerprint density at radius 2 is 1.74 bits per heavy atom. The van der Waals surface area contributed by atoms with Crippen LogP contribution in [0.1, 0.15) is 6.92 Å². The fourth-order valence-electron chi connectivity index (χ4n) is 1.91. The third-order valence-electron chi connectivity index (χ3n) is 3.26. The second-order valence-corrected chi connectivity index (χ2v) is 7.91. The highest BCUT2D eigenvalue weighted by Gasteiger charge is 2.17. The van der Waals surface area contributed by atoms with Crippen LogP contribution in [-0.2, 0) is 24.3 Å². The number of thioether (sulfide) groups is 1. The van der Waals surface area contributed by atoms with Gasteiger partial charge in [0.05, 0.1) is 4.90 Å². The van der Waals surface area contributed by atoms with Crippen molar-refractivity contribution in [3.05, 3.63) is 66.1 Å². The molecule has 0 aliphatic carbocycles. The molecule has 2 aromatic rings. The Labute approximate surface area is 161 Å². The van der Waals surface area contributed by atoms with E-state index in [4.69, 9.17) is 9.88 Å². The average Bonchev–Trinajstić information content (AvgIpc) is 2.62. The van der Waals surface area contributed by atoms with Gasteiger partial charge in [0.1, 0.15) is 0 Å². The minimum Gasteiger partial charge on any atom is -0.449 e. The second-order valence-electron chi connectivity index (χ2n) is 5.37. The van der Waals surface area contributed by atoms with Gasteiger partial charge in [0, 0.05) is 16.7 Å². The quantitative estimate of drug-likeness (QED) is 0.415. The molecule has 0 saturated heterocycles. The zero-order chi connectivity index (χ0) is 19.9. The van der Waals surface area contributed by atoms with Crippen LogP contribution < -0.4 is 10.5 Å². The Balaban J connectivity index is 1.84. The molecule has 0 aliphatic heterocycles. The van der Waals surface area contributed by atoms with Crippen LogP contribution in [0.4, 0.5) is 5.69 Å². The van der Waals surface area contributed by atoms with E-state index < -0.39 is 28.0 Å². The number of nitrogens with two attached hydrogens (primary N) is 1. The van der Waals surface area contributed by atoms with Crippen LogP contribution in [0.2, 0.25) is 0 Å². The predicted octanol–water partition coefficient (Wildman–Crippen LogP) is 2.51.